The number of esters is 1. The minimum atomic E-state index is -0.513. The molecule has 0 bridgehead atoms. The predicted molar refractivity (Wildman–Crippen MR) is 85.7 cm³/mol. The van der Waals surface area contributed by atoms with Gasteiger partial charge in [0, 0.05) is 18.4 Å². The zero-order valence-electron chi connectivity index (χ0n) is 12.4. The van der Waals surface area contributed by atoms with Crippen LogP contribution in [0.3, 0.4) is 0 Å². The quantitative estimate of drug-likeness (QED) is 0.737. The summed E-state index contributed by atoms with van der Waals surface area (Å²) in [5.74, 6) is 0.174. The molecule has 1 fully saturated rings. The van der Waals surface area contributed by atoms with E-state index in [4.69, 9.17) is 4.74 Å². The van der Waals surface area contributed by atoms with E-state index in [1.165, 1.54) is 38.6 Å². The summed E-state index contributed by atoms with van der Waals surface area (Å²) in [6.45, 7) is 2.32. The van der Waals surface area contributed by atoms with Crippen molar-refractivity contribution in [2.24, 2.45) is 0 Å². The van der Waals surface area contributed by atoms with Crippen LogP contribution < -0.4 is 5.56 Å². The molecule has 0 aromatic carbocycles. The first-order valence-corrected chi connectivity index (χ1v) is 8.83. The van der Waals surface area contributed by atoms with Crippen LogP contribution in [0.4, 0.5) is 4.79 Å². The molecule has 1 amide bonds. The second-order valence-electron chi connectivity index (χ2n) is 4.83. The van der Waals surface area contributed by atoms with Crippen LogP contribution in [0, 0.1) is 0 Å². The smallest absolute Gasteiger partial charge is 0.326 e. The molecule has 0 N–H and O–H groups in total. The lowest BCUT2D eigenvalue weighted by Gasteiger charge is -2.13. The Morgan fingerprint density at radius 2 is 2.26 bits per heavy atom. The molecule has 1 saturated heterocycles. The van der Waals surface area contributed by atoms with Gasteiger partial charge in [-0.05, 0) is 6.42 Å². The van der Waals surface area contributed by atoms with Gasteiger partial charge in [-0.1, -0.05) is 30.0 Å². The Labute approximate surface area is 139 Å². The fourth-order valence-corrected chi connectivity index (χ4v) is 3.72. The Bertz CT molecular complexity index is 816. The molecule has 1 aliphatic heterocycles. The Balaban J connectivity index is 1.65. The van der Waals surface area contributed by atoms with Crippen molar-refractivity contribution in [1.29, 1.82) is 0 Å². The van der Waals surface area contributed by atoms with E-state index in [9.17, 15) is 14.4 Å². The largest absolute Gasteiger partial charge is 0.458 e. The van der Waals surface area contributed by atoms with Crippen LogP contribution in [-0.4, -0.2) is 49.5 Å². The first kappa shape index (κ1) is 15.9. The van der Waals surface area contributed by atoms with E-state index in [0.717, 1.165) is 11.4 Å². The molecule has 2 aromatic heterocycles. The maximum atomic E-state index is 12.0. The third kappa shape index (κ3) is 3.53. The van der Waals surface area contributed by atoms with Crippen molar-refractivity contribution in [3.8, 4) is 0 Å². The Kier molecular flexibility index (Phi) is 4.62. The highest BCUT2D eigenvalue weighted by Gasteiger charge is 2.24. The Morgan fingerprint density at radius 1 is 1.43 bits per heavy atom. The number of fused-ring (bicyclic) bond motifs is 1. The summed E-state index contributed by atoms with van der Waals surface area (Å²) < 4.78 is 6.35. The maximum Gasteiger partial charge on any atom is 0.326 e. The van der Waals surface area contributed by atoms with Crippen molar-refractivity contribution in [2.45, 2.75) is 20.0 Å². The lowest BCUT2D eigenvalue weighted by Crippen LogP contribution is -2.31. The van der Waals surface area contributed by atoms with Crippen LogP contribution in [0.25, 0.3) is 4.96 Å². The molecular formula is C13H14N4O4S2. The summed E-state index contributed by atoms with van der Waals surface area (Å²) in [7, 11) is 0. The van der Waals surface area contributed by atoms with Crippen LogP contribution in [-0.2, 0) is 22.6 Å². The number of ether oxygens (including phenoxy) is 1. The summed E-state index contributed by atoms with van der Waals surface area (Å²) in [5, 5.41) is 4.85. The molecule has 0 radical (unpaired) electrons. The monoisotopic (exact) mass is 354 g/mol. The lowest BCUT2D eigenvalue weighted by atomic mass is 10.4. The molecule has 1 aliphatic rings. The number of carbonyl (C=O) groups is 2. The third-order valence-electron chi connectivity index (χ3n) is 3.19. The first-order valence-electron chi connectivity index (χ1n) is 7.03. The number of aromatic nitrogens is 3. The molecule has 23 heavy (non-hydrogen) atoms. The number of hydrogen-bond donors (Lipinski definition) is 0. The molecule has 8 nitrogen and oxygen atoms in total. The SMILES string of the molecule is CCc1nn2c(=O)cc(COC(=O)CN3CCSC3=O)nc2s1. The van der Waals surface area contributed by atoms with E-state index < -0.39 is 5.97 Å². The van der Waals surface area contributed by atoms with Gasteiger partial charge < -0.3 is 9.64 Å². The number of aryl methyl sites for hydroxylation is 1. The van der Waals surface area contributed by atoms with Crippen LogP contribution in [0.15, 0.2) is 10.9 Å². The van der Waals surface area contributed by atoms with E-state index >= 15 is 0 Å². The molecule has 0 saturated carbocycles. The summed E-state index contributed by atoms with van der Waals surface area (Å²) >= 11 is 2.52. The van der Waals surface area contributed by atoms with Crippen LogP contribution in [0.2, 0.25) is 0 Å². The van der Waals surface area contributed by atoms with E-state index in [1.807, 2.05) is 6.92 Å². The number of hydrogen-bond acceptors (Lipinski definition) is 8. The molecule has 122 valence electrons. The van der Waals surface area contributed by atoms with E-state index in [-0.39, 0.29) is 24.0 Å². The van der Waals surface area contributed by atoms with E-state index in [1.54, 1.807) is 0 Å². The van der Waals surface area contributed by atoms with Gasteiger partial charge in [0.05, 0.1) is 5.69 Å². The molecule has 10 heteroatoms. The van der Waals surface area contributed by atoms with Crippen LogP contribution in [0.5, 0.6) is 0 Å². The topological polar surface area (TPSA) is 93.9 Å². The van der Waals surface area contributed by atoms with Crippen molar-refractivity contribution >= 4 is 39.3 Å². The van der Waals surface area contributed by atoms with Gasteiger partial charge in [-0.3, -0.25) is 14.4 Å². The predicted octanol–water partition coefficient (Wildman–Crippen LogP) is 0.925. The zero-order chi connectivity index (χ0) is 16.4. The van der Waals surface area contributed by atoms with Crippen LogP contribution in [0.1, 0.15) is 17.6 Å². The van der Waals surface area contributed by atoms with Crippen molar-refractivity contribution in [2.75, 3.05) is 18.8 Å². The molecule has 2 aromatic rings. The number of carbonyl (C=O) groups excluding carboxylic acids is 2. The Hall–Kier alpha value is -1.94. The summed E-state index contributed by atoms with van der Waals surface area (Å²) in [5.41, 5.74) is 0.0693. The van der Waals surface area contributed by atoms with Crippen molar-refractivity contribution in [1.82, 2.24) is 19.5 Å². The summed E-state index contributed by atoms with van der Waals surface area (Å²) in [6.07, 6.45) is 0.722. The molecule has 0 atom stereocenters. The average molecular weight is 354 g/mol. The van der Waals surface area contributed by atoms with Gasteiger partial charge >= 0.3 is 5.97 Å². The fraction of sp³-hybridized carbons (Fsp3) is 0.462. The van der Waals surface area contributed by atoms with Gasteiger partial charge in [0.15, 0.2) is 0 Å². The highest BCUT2D eigenvalue weighted by molar-refractivity contribution is 8.13. The van der Waals surface area contributed by atoms with Crippen molar-refractivity contribution < 1.29 is 14.3 Å². The number of thioether (sulfide) groups is 1. The Morgan fingerprint density at radius 3 is 2.96 bits per heavy atom. The van der Waals surface area contributed by atoms with Gasteiger partial charge in [0.25, 0.3) is 10.8 Å². The fourth-order valence-electron chi connectivity index (χ4n) is 2.04. The lowest BCUT2D eigenvalue weighted by molar-refractivity contribution is -0.145. The summed E-state index contributed by atoms with van der Waals surface area (Å²) in [4.78, 5) is 41.4. The second-order valence-corrected chi connectivity index (χ2v) is 6.91. The third-order valence-corrected chi connectivity index (χ3v) is 5.13. The summed E-state index contributed by atoms with van der Waals surface area (Å²) in [6, 6.07) is 1.30. The van der Waals surface area contributed by atoms with Gasteiger partial charge in [0.1, 0.15) is 18.2 Å². The number of nitrogens with zero attached hydrogens (tertiary/aromatic N) is 4. The minimum absolute atomic E-state index is 0.0758. The highest BCUT2D eigenvalue weighted by Crippen LogP contribution is 2.17. The number of rotatable bonds is 5. The normalized spacial score (nSPS) is 14.7. The molecule has 3 heterocycles. The first-order chi connectivity index (χ1) is 11.1. The average Bonchev–Trinajstić information content (AvgIpc) is 3.12. The van der Waals surface area contributed by atoms with E-state index in [0.29, 0.717) is 23.0 Å². The molecule has 3 rings (SSSR count). The van der Waals surface area contributed by atoms with E-state index in [2.05, 4.69) is 10.1 Å². The highest BCUT2D eigenvalue weighted by atomic mass is 32.2. The van der Waals surface area contributed by atoms with Gasteiger partial charge in [0.2, 0.25) is 4.96 Å². The van der Waals surface area contributed by atoms with Crippen LogP contribution >= 0.6 is 23.1 Å². The standard InChI is InChI=1S/C13H14N4O4S2/c1-2-9-15-17-10(18)5-8(14-12(17)23-9)7-21-11(19)6-16-3-4-22-13(16)20/h5H,2-4,6-7H2,1H3. The van der Waals surface area contributed by atoms with Gasteiger partial charge in [-0.15, -0.1) is 0 Å². The molecule has 0 spiro atoms. The zero-order valence-corrected chi connectivity index (χ0v) is 14.0. The minimum Gasteiger partial charge on any atom is -0.458 e. The van der Waals surface area contributed by atoms with Gasteiger partial charge in [-0.2, -0.15) is 9.61 Å². The van der Waals surface area contributed by atoms with Crippen molar-refractivity contribution in [3.05, 3.63) is 27.1 Å². The maximum absolute atomic E-state index is 12.0. The van der Waals surface area contributed by atoms with Crippen molar-refractivity contribution in [3.63, 3.8) is 0 Å². The molecular weight excluding hydrogens is 340 g/mol. The molecule has 0 aliphatic carbocycles. The second kappa shape index (κ2) is 6.67. The number of amides is 1. The van der Waals surface area contributed by atoms with Gasteiger partial charge in [-0.25, -0.2) is 4.98 Å². The molecule has 0 unspecified atom stereocenters.